The summed E-state index contributed by atoms with van der Waals surface area (Å²) in [6, 6.07) is 8.28. The Morgan fingerprint density at radius 1 is 1.22 bits per heavy atom. The summed E-state index contributed by atoms with van der Waals surface area (Å²) in [5.74, 6) is 2.46. The van der Waals surface area contributed by atoms with Crippen LogP contribution in [0.2, 0.25) is 0 Å². The molecule has 3 rings (SSSR count). The zero-order chi connectivity index (χ0) is 18.4. The van der Waals surface area contributed by atoms with E-state index in [-0.39, 0.29) is 30.1 Å². The number of aliphatic imine (C=N–C) groups is 1. The number of likely N-dealkylation sites (N-methyl/N-ethyl adjacent to an activating group) is 1. The molecule has 6 nitrogen and oxygen atoms in total. The predicted molar refractivity (Wildman–Crippen MR) is 122 cm³/mol. The number of piperazine rings is 1. The molecule has 2 aliphatic heterocycles. The lowest BCUT2D eigenvalue weighted by Gasteiger charge is -2.34. The number of guanidine groups is 1. The molecule has 152 valence electrons. The lowest BCUT2D eigenvalue weighted by Crippen LogP contribution is -2.48. The van der Waals surface area contributed by atoms with Crippen LogP contribution in [0.25, 0.3) is 0 Å². The van der Waals surface area contributed by atoms with Gasteiger partial charge in [0.15, 0.2) is 5.96 Å². The van der Waals surface area contributed by atoms with Crippen molar-refractivity contribution in [3.05, 3.63) is 29.8 Å². The van der Waals surface area contributed by atoms with E-state index in [1.807, 2.05) is 19.2 Å². The summed E-state index contributed by atoms with van der Waals surface area (Å²) < 4.78 is 5.98. The predicted octanol–water partition coefficient (Wildman–Crippen LogP) is 1.66. The summed E-state index contributed by atoms with van der Waals surface area (Å²) in [5, 5.41) is 6.86. The highest BCUT2D eigenvalue weighted by atomic mass is 127. The van der Waals surface area contributed by atoms with Crippen LogP contribution in [-0.4, -0.2) is 81.8 Å². The Labute approximate surface area is 180 Å². The summed E-state index contributed by atoms with van der Waals surface area (Å²) >= 11 is 0. The molecule has 27 heavy (non-hydrogen) atoms. The Hall–Kier alpha value is -1.06. The van der Waals surface area contributed by atoms with Gasteiger partial charge in [-0.15, -0.1) is 24.0 Å². The molecule has 1 saturated heterocycles. The largest absolute Gasteiger partial charge is 0.488 e. The number of nitrogens with one attached hydrogen (secondary N) is 2. The van der Waals surface area contributed by atoms with Crippen LogP contribution in [0.3, 0.4) is 0 Å². The van der Waals surface area contributed by atoms with Crippen LogP contribution in [0.1, 0.15) is 12.5 Å². The van der Waals surface area contributed by atoms with Crippen LogP contribution >= 0.6 is 24.0 Å². The van der Waals surface area contributed by atoms with Crippen molar-refractivity contribution in [3.63, 3.8) is 0 Å². The molecule has 1 aromatic rings. The number of rotatable bonds is 6. The van der Waals surface area contributed by atoms with E-state index < -0.39 is 0 Å². The fraction of sp³-hybridized carbons (Fsp3) is 0.650. The normalized spacial score (nSPS) is 21.7. The van der Waals surface area contributed by atoms with Gasteiger partial charge in [-0.3, -0.25) is 4.99 Å². The monoisotopic (exact) mass is 487 g/mol. The molecule has 0 spiro atoms. The third-order valence-corrected chi connectivity index (χ3v) is 5.22. The fourth-order valence-corrected chi connectivity index (χ4v) is 3.61. The van der Waals surface area contributed by atoms with Gasteiger partial charge in [-0.25, -0.2) is 0 Å². The van der Waals surface area contributed by atoms with Gasteiger partial charge < -0.3 is 25.2 Å². The molecular formula is C20H34IN5O. The number of para-hydroxylation sites is 1. The van der Waals surface area contributed by atoms with Gasteiger partial charge in [0.2, 0.25) is 0 Å². The van der Waals surface area contributed by atoms with Crippen LogP contribution in [0, 0.1) is 5.92 Å². The van der Waals surface area contributed by atoms with Crippen LogP contribution in [0.4, 0.5) is 0 Å². The first kappa shape index (κ1) is 22.2. The lowest BCUT2D eigenvalue weighted by atomic mass is 10.1. The highest BCUT2D eigenvalue weighted by molar-refractivity contribution is 14.0. The number of hydrogen-bond acceptors (Lipinski definition) is 4. The Bertz CT molecular complexity index is 579. The standard InChI is InChI=1S/C20H33N5O.HI/c1-16(15-25-10-8-24(3)9-11-25)13-22-20(21-2)23-14-18-12-17-6-4-5-7-19(17)26-18;/h4-7,16,18H,8-15H2,1-3H3,(H2,21,22,23);1H. The average molecular weight is 487 g/mol. The zero-order valence-corrected chi connectivity index (χ0v) is 19.1. The number of nitrogens with zero attached hydrogens (tertiary/aromatic N) is 3. The zero-order valence-electron chi connectivity index (χ0n) is 16.8. The first-order valence-electron chi connectivity index (χ1n) is 9.74. The first-order chi connectivity index (χ1) is 12.6. The van der Waals surface area contributed by atoms with E-state index in [1.54, 1.807) is 0 Å². The van der Waals surface area contributed by atoms with Crippen molar-refractivity contribution in [2.24, 2.45) is 10.9 Å². The van der Waals surface area contributed by atoms with E-state index >= 15 is 0 Å². The summed E-state index contributed by atoms with van der Waals surface area (Å²) in [4.78, 5) is 9.30. The van der Waals surface area contributed by atoms with Crippen LogP contribution in [0.5, 0.6) is 5.75 Å². The second-order valence-corrected chi connectivity index (χ2v) is 7.59. The van der Waals surface area contributed by atoms with Crippen molar-refractivity contribution in [2.75, 3.05) is 59.9 Å². The van der Waals surface area contributed by atoms with E-state index in [4.69, 9.17) is 4.74 Å². The highest BCUT2D eigenvalue weighted by Crippen LogP contribution is 2.27. The molecule has 2 aliphatic rings. The third kappa shape index (κ3) is 6.80. The molecule has 1 fully saturated rings. The Morgan fingerprint density at radius 2 is 1.96 bits per heavy atom. The molecule has 0 radical (unpaired) electrons. The third-order valence-electron chi connectivity index (χ3n) is 5.22. The SMILES string of the molecule is CN=C(NCC(C)CN1CCN(C)CC1)NCC1Cc2ccccc2O1.I. The van der Waals surface area contributed by atoms with Crippen LogP contribution in [-0.2, 0) is 6.42 Å². The highest BCUT2D eigenvalue weighted by Gasteiger charge is 2.22. The minimum Gasteiger partial charge on any atom is -0.488 e. The number of benzene rings is 1. The topological polar surface area (TPSA) is 52.1 Å². The molecular weight excluding hydrogens is 453 g/mol. The number of halogens is 1. The summed E-state index contributed by atoms with van der Waals surface area (Å²) in [6.07, 6.45) is 1.13. The van der Waals surface area contributed by atoms with Gasteiger partial charge in [0.05, 0.1) is 6.54 Å². The minimum absolute atomic E-state index is 0. The molecule has 0 amide bonds. The van der Waals surface area contributed by atoms with Crippen molar-refractivity contribution >= 4 is 29.9 Å². The van der Waals surface area contributed by atoms with Crippen LogP contribution < -0.4 is 15.4 Å². The van der Waals surface area contributed by atoms with Gasteiger partial charge >= 0.3 is 0 Å². The second-order valence-electron chi connectivity index (χ2n) is 7.59. The molecule has 2 unspecified atom stereocenters. The van der Waals surface area contributed by atoms with E-state index in [1.165, 1.54) is 31.7 Å². The fourth-order valence-electron chi connectivity index (χ4n) is 3.61. The molecule has 1 aromatic carbocycles. The molecule has 2 N–H and O–H groups in total. The molecule has 7 heteroatoms. The molecule has 0 aromatic heterocycles. The van der Waals surface area contributed by atoms with Gasteiger partial charge in [-0.05, 0) is 24.6 Å². The Morgan fingerprint density at radius 3 is 2.67 bits per heavy atom. The van der Waals surface area contributed by atoms with E-state index in [2.05, 4.69) is 51.5 Å². The van der Waals surface area contributed by atoms with Crippen molar-refractivity contribution in [3.8, 4) is 5.75 Å². The Kier molecular flexibility index (Phi) is 9.11. The summed E-state index contributed by atoms with van der Waals surface area (Å²) in [5.41, 5.74) is 1.29. The average Bonchev–Trinajstić information content (AvgIpc) is 3.06. The van der Waals surface area contributed by atoms with Crippen molar-refractivity contribution in [1.82, 2.24) is 20.4 Å². The van der Waals surface area contributed by atoms with Crippen molar-refractivity contribution < 1.29 is 4.74 Å². The van der Waals surface area contributed by atoms with E-state index in [0.29, 0.717) is 5.92 Å². The maximum Gasteiger partial charge on any atom is 0.191 e. The van der Waals surface area contributed by atoms with Crippen molar-refractivity contribution in [2.45, 2.75) is 19.4 Å². The maximum atomic E-state index is 5.98. The maximum absolute atomic E-state index is 5.98. The van der Waals surface area contributed by atoms with Gasteiger partial charge in [-0.2, -0.15) is 0 Å². The lowest BCUT2D eigenvalue weighted by molar-refractivity contribution is 0.139. The van der Waals surface area contributed by atoms with Gasteiger partial charge in [-0.1, -0.05) is 25.1 Å². The summed E-state index contributed by atoms with van der Waals surface area (Å²) in [7, 11) is 4.02. The van der Waals surface area contributed by atoms with Crippen LogP contribution in [0.15, 0.2) is 29.3 Å². The number of fused-ring (bicyclic) bond motifs is 1. The smallest absolute Gasteiger partial charge is 0.191 e. The molecule has 0 saturated carbocycles. The van der Waals surface area contributed by atoms with Gasteiger partial charge in [0, 0.05) is 52.7 Å². The second kappa shape index (κ2) is 11.1. The minimum atomic E-state index is 0. The molecule has 2 atom stereocenters. The van der Waals surface area contributed by atoms with Gasteiger partial charge in [0.25, 0.3) is 0 Å². The quantitative estimate of drug-likeness (QED) is 0.363. The molecule has 0 bridgehead atoms. The van der Waals surface area contributed by atoms with Crippen molar-refractivity contribution in [1.29, 1.82) is 0 Å². The van der Waals surface area contributed by atoms with E-state index in [0.717, 1.165) is 37.8 Å². The number of ether oxygens (including phenoxy) is 1. The summed E-state index contributed by atoms with van der Waals surface area (Å²) in [6.45, 7) is 9.83. The number of hydrogen-bond donors (Lipinski definition) is 2. The van der Waals surface area contributed by atoms with Gasteiger partial charge in [0.1, 0.15) is 11.9 Å². The Balaban J connectivity index is 0.00000261. The first-order valence-corrected chi connectivity index (χ1v) is 9.74. The van der Waals surface area contributed by atoms with E-state index in [9.17, 15) is 0 Å². The molecule has 0 aliphatic carbocycles. The molecule has 2 heterocycles.